The first-order valence-electron chi connectivity index (χ1n) is 5.14. The van der Waals surface area contributed by atoms with E-state index >= 15 is 0 Å². The highest BCUT2D eigenvalue weighted by Gasteiger charge is 2.14. The summed E-state index contributed by atoms with van der Waals surface area (Å²) in [6.45, 7) is 0. The van der Waals surface area contributed by atoms with Crippen molar-refractivity contribution in [3.8, 4) is 0 Å². The number of nitrogens with two attached hydrogens (primary N) is 1. The summed E-state index contributed by atoms with van der Waals surface area (Å²) in [5.41, 5.74) is 7.69. The van der Waals surface area contributed by atoms with Gasteiger partial charge in [-0.15, -0.1) is 0 Å². The van der Waals surface area contributed by atoms with Crippen molar-refractivity contribution in [1.82, 2.24) is 9.97 Å². The second-order valence-corrected chi connectivity index (χ2v) is 3.79. The molecule has 0 aliphatic rings. The Morgan fingerprint density at radius 3 is 2.82 bits per heavy atom. The van der Waals surface area contributed by atoms with Crippen LogP contribution in [0.4, 0.5) is 0 Å². The Morgan fingerprint density at radius 1 is 1.41 bits per heavy atom. The molecule has 0 spiro atoms. The number of benzene rings is 1. The summed E-state index contributed by atoms with van der Waals surface area (Å²) in [6, 6.07) is 4.68. The van der Waals surface area contributed by atoms with Gasteiger partial charge in [-0.1, -0.05) is 6.07 Å². The molecule has 6 heteroatoms. The SMILES string of the molecule is COC(=O)[C@H](N)Cc1ccc2[nH]c(=O)[nH]c2c1. The predicted molar refractivity (Wildman–Crippen MR) is 62.6 cm³/mol. The van der Waals surface area contributed by atoms with Gasteiger partial charge in [0.15, 0.2) is 0 Å². The average molecular weight is 235 g/mol. The zero-order valence-electron chi connectivity index (χ0n) is 9.32. The fourth-order valence-corrected chi connectivity index (χ4v) is 1.70. The number of rotatable bonds is 3. The molecule has 4 N–H and O–H groups in total. The molecule has 0 bridgehead atoms. The zero-order valence-corrected chi connectivity index (χ0v) is 9.32. The fraction of sp³-hybridized carbons (Fsp3) is 0.273. The Morgan fingerprint density at radius 2 is 2.12 bits per heavy atom. The van der Waals surface area contributed by atoms with E-state index in [1.807, 2.05) is 6.07 Å². The van der Waals surface area contributed by atoms with Crippen LogP contribution in [0.1, 0.15) is 5.56 Å². The van der Waals surface area contributed by atoms with Gasteiger partial charge in [-0.05, 0) is 24.1 Å². The number of hydrogen-bond donors (Lipinski definition) is 3. The van der Waals surface area contributed by atoms with E-state index in [1.54, 1.807) is 12.1 Å². The number of carbonyl (C=O) groups is 1. The monoisotopic (exact) mass is 235 g/mol. The van der Waals surface area contributed by atoms with Crippen LogP contribution in [0.2, 0.25) is 0 Å². The maximum Gasteiger partial charge on any atom is 0.323 e. The third kappa shape index (κ3) is 2.36. The molecular weight excluding hydrogens is 222 g/mol. The number of ether oxygens (including phenoxy) is 1. The van der Waals surface area contributed by atoms with Gasteiger partial charge in [-0.25, -0.2) is 4.79 Å². The number of esters is 1. The summed E-state index contributed by atoms with van der Waals surface area (Å²) in [4.78, 5) is 27.5. The maximum atomic E-state index is 11.2. The van der Waals surface area contributed by atoms with Gasteiger partial charge < -0.3 is 20.4 Å². The lowest BCUT2D eigenvalue weighted by Crippen LogP contribution is -2.33. The van der Waals surface area contributed by atoms with E-state index in [-0.39, 0.29) is 5.69 Å². The number of aromatic amines is 2. The molecule has 0 saturated heterocycles. The molecule has 0 aliphatic carbocycles. The quantitative estimate of drug-likeness (QED) is 0.646. The lowest BCUT2D eigenvalue weighted by molar-refractivity contribution is -0.142. The van der Waals surface area contributed by atoms with Crippen molar-refractivity contribution < 1.29 is 9.53 Å². The second-order valence-electron chi connectivity index (χ2n) is 3.79. The number of nitrogens with one attached hydrogen (secondary N) is 2. The molecule has 0 saturated carbocycles. The van der Waals surface area contributed by atoms with Gasteiger partial charge in [0.2, 0.25) is 0 Å². The summed E-state index contributed by atoms with van der Waals surface area (Å²) < 4.78 is 4.55. The van der Waals surface area contributed by atoms with Crippen molar-refractivity contribution in [3.05, 3.63) is 34.2 Å². The van der Waals surface area contributed by atoms with Crippen molar-refractivity contribution in [3.63, 3.8) is 0 Å². The molecule has 1 aromatic heterocycles. The van der Waals surface area contributed by atoms with E-state index in [1.165, 1.54) is 7.11 Å². The highest BCUT2D eigenvalue weighted by molar-refractivity contribution is 5.77. The van der Waals surface area contributed by atoms with Crippen molar-refractivity contribution in [2.45, 2.75) is 12.5 Å². The van der Waals surface area contributed by atoms with Crippen LogP contribution in [0.15, 0.2) is 23.0 Å². The zero-order chi connectivity index (χ0) is 12.4. The van der Waals surface area contributed by atoms with E-state index in [4.69, 9.17) is 5.73 Å². The molecule has 2 rings (SSSR count). The minimum absolute atomic E-state index is 0.255. The smallest absolute Gasteiger partial charge is 0.323 e. The minimum atomic E-state index is -0.692. The van der Waals surface area contributed by atoms with E-state index in [0.717, 1.165) is 11.1 Å². The number of fused-ring (bicyclic) bond motifs is 1. The molecule has 17 heavy (non-hydrogen) atoms. The second kappa shape index (κ2) is 4.42. The predicted octanol–water partition coefficient (Wildman–Crippen LogP) is -0.101. The molecule has 1 heterocycles. The Balaban J connectivity index is 2.24. The van der Waals surface area contributed by atoms with E-state index < -0.39 is 12.0 Å². The van der Waals surface area contributed by atoms with Crippen LogP contribution in [-0.4, -0.2) is 29.1 Å². The van der Waals surface area contributed by atoms with Crippen LogP contribution in [0.3, 0.4) is 0 Å². The maximum absolute atomic E-state index is 11.2. The first-order chi connectivity index (χ1) is 8.10. The minimum Gasteiger partial charge on any atom is -0.468 e. The van der Waals surface area contributed by atoms with Gasteiger partial charge in [0.25, 0.3) is 0 Å². The van der Waals surface area contributed by atoms with Crippen molar-refractivity contribution >= 4 is 17.0 Å². The molecule has 0 amide bonds. The van der Waals surface area contributed by atoms with Gasteiger partial charge in [-0.3, -0.25) is 4.79 Å². The average Bonchev–Trinajstić information content (AvgIpc) is 2.67. The Kier molecular flexibility index (Phi) is 2.97. The largest absolute Gasteiger partial charge is 0.468 e. The molecule has 0 unspecified atom stereocenters. The normalized spacial score (nSPS) is 12.6. The van der Waals surface area contributed by atoms with Gasteiger partial charge >= 0.3 is 11.7 Å². The van der Waals surface area contributed by atoms with E-state index in [0.29, 0.717) is 11.9 Å². The first-order valence-corrected chi connectivity index (χ1v) is 5.14. The van der Waals surface area contributed by atoms with Crippen LogP contribution in [0.25, 0.3) is 11.0 Å². The van der Waals surface area contributed by atoms with Crippen molar-refractivity contribution in [2.24, 2.45) is 5.73 Å². The highest BCUT2D eigenvalue weighted by atomic mass is 16.5. The summed E-state index contributed by atoms with van der Waals surface area (Å²) >= 11 is 0. The van der Waals surface area contributed by atoms with Gasteiger partial charge in [0.1, 0.15) is 6.04 Å². The lowest BCUT2D eigenvalue weighted by atomic mass is 10.1. The van der Waals surface area contributed by atoms with E-state index in [9.17, 15) is 9.59 Å². The summed E-state index contributed by atoms with van der Waals surface area (Å²) in [6.07, 6.45) is 0.371. The number of hydrogen-bond acceptors (Lipinski definition) is 4. The number of aromatic nitrogens is 2. The third-order valence-electron chi connectivity index (χ3n) is 2.54. The number of H-pyrrole nitrogens is 2. The summed E-state index contributed by atoms with van der Waals surface area (Å²) in [5.74, 6) is -0.451. The molecule has 1 aromatic carbocycles. The highest BCUT2D eigenvalue weighted by Crippen LogP contribution is 2.11. The Labute approximate surface area is 96.8 Å². The lowest BCUT2D eigenvalue weighted by Gasteiger charge is -2.08. The Hall–Kier alpha value is -2.08. The molecule has 6 nitrogen and oxygen atoms in total. The molecule has 0 fully saturated rings. The number of methoxy groups -OCH3 is 1. The van der Waals surface area contributed by atoms with Crippen molar-refractivity contribution in [2.75, 3.05) is 7.11 Å². The third-order valence-corrected chi connectivity index (χ3v) is 2.54. The standard InChI is InChI=1S/C11H13N3O3/c1-17-10(15)7(12)4-6-2-3-8-9(5-6)14-11(16)13-8/h2-3,5,7H,4,12H2,1H3,(H2,13,14,16)/t7-/m1/s1. The number of carbonyl (C=O) groups excluding carboxylic acids is 1. The van der Waals surface area contributed by atoms with Gasteiger partial charge in [0.05, 0.1) is 18.1 Å². The van der Waals surface area contributed by atoms with E-state index in [2.05, 4.69) is 14.7 Å². The number of imidazole rings is 1. The van der Waals surface area contributed by atoms with Crippen LogP contribution < -0.4 is 11.4 Å². The molecule has 0 radical (unpaired) electrons. The first kappa shape index (κ1) is 11.4. The molecule has 2 aromatic rings. The summed E-state index contributed by atoms with van der Waals surface area (Å²) in [5, 5.41) is 0. The molecule has 0 aliphatic heterocycles. The topological polar surface area (TPSA) is 101 Å². The molecule has 1 atom stereocenters. The molecular formula is C11H13N3O3. The van der Waals surface area contributed by atoms with Crippen LogP contribution in [0.5, 0.6) is 0 Å². The summed E-state index contributed by atoms with van der Waals surface area (Å²) in [7, 11) is 1.30. The fourth-order valence-electron chi connectivity index (χ4n) is 1.70. The van der Waals surface area contributed by atoms with Crippen LogP contribution >= 0.6 is 0 Å². The van der Waals surface area contributed by atoms with Crippen molar-refractivity contribution in [1.29, 1.82) is 0 Å². The van der Waals surface area contributed by atoms with Crippen LogP contribution in [-0.2, 0) is 16.0 Å². The van der Waals surface area contributed by atoms with Gasteiger partial charge in [0, 0.05) is 0 Å². The van der Waals surface area contributed by atoms with Gasteiger partial charge in [-0.2, -0.15) is 0 Å². The Bertz CT molecular complexity index is 599. The molecule has 90 valence electrons. The van der Waals surface area contributed by atoms with Crippen LogP contribution in [0, 0.1) is 0 Å².